The van der Waals surface area contributed by atoms with E-state index in [0.29, 0.717) is 27.4 Å². The molecule has 0 aliphatic carbocycles. The number of nitrogens with one attached hydrogen (secondary N) is 2. The van der Waals surface area contributed by atoms with Gasteiger partial charge >= 0.3 is 0 Å². The number of hydrogen-bond acceptors (Lipinski definition) is 5. The Bertz CT molecular complexity index is 1030. The quantitative estimate of drug-likeness (QED) is 0.482. The molecule has 0 spiro atoms. The second-order valence-electron chi connectivity index (χ2n) is 6.01. The van der Waals surface area contributed by atoms with E-state index in [4.69, 9.17) is 11.6 Å². The summed E-state index contributed by atoms with van der Waals surface area (Å²) in [6.07, 6.45) is 0.0420. The van der Waals surface area contributed by atoms with Crippen molar-refractivity contribution in [1.29, 1.82) is 0 Å². The summed E-state index contributed by atoms with van der Waals surface area (Å²) in [7, 11) is 1.76. The molecule has 0 aliphatic rings. The predicted octanol–water partition coefficient (Wildman–Crippen LogP) is 4.14. The Kier molecular flexibility index (Phi) is 7.29. The first kappa shape index (κ1) is 21.4. The normalized spacial score (nSPS) is 10.6. The summed E-state index contributed by atoms with van der Waals surface area (Å²) in [6.45, 7) is 0. The fourth-order valence-corrected chi connectivity index (χ4v) is 3.56. The fourth-order valence-electron chi connectivity index (χ4n) is 2.39. The minimum absolute atomic E-state index is 0.0420. The lowest BCUT2D eigenvalue weighted by Crippen LogP contribution is -2.17. The van der Waals surface area contributed by atoms with Gasteiger partial charge in [0.25, 0.3) is 0 Å². The zero-order chi connectivity index (χ0) is 20.8. The maximum atomic E-state index is 12.3. The Balaban J connectivity index is 1.53. The van der Waals surface area contributed by atoms with Crippen LogP contribution in [0, 0.1) is 0 Å². The number of halogens is 2. The third-order valence-electron chi connectivity index (χ3n) is 3.85. The van der Waals surface area contributed by atoms with Crippen molar-refractivity contribution >= 4 is 62.5 Å². The lowest BCUT2D eigenvalue weighted by Gasteiger charge is -2.07. The summed E-state index contributed by atoms with van der Waals surface area (Å²) >= 11 is 10.7. The van der Waals surface area contributed by atoms with Crippen molar-refractivity contribution in [3.05, 3.63) is 63.9 Å². The molecule has 0 saturated carbocycles. The first-order chi connectivity index (χ1) is 13.9. The first-order valence-electron chi connectivity index (χ1n) is 8.53. The van der Waals surface area contributed by atoms with Crippen LogP contribution in [0.5, 0.6) is 0 Å². The van der Waals surface area contributed by atoms with Crippen LogP contribution in [-0.2, 0) is 23.1 Å². The van der Waals surface area contributed by atoms with Gasteiger partial charge in [-0.1, -0.05) is 51.4 Å². The number of hydrogen-bond donors (Lipinski definition) is 2. The minimum atomic E-state index is -0.252. The smallest absolute Gasteiger partial charge is 0.234 e. The molecule has 1 aromatic heterocycles. The number of carbonyl (C=O) groups is 2. The van der Waals surface area contributed by atoms with Crippen molar-refractivity contribution in [1.82, 2.24) is 14.8 Å². The van der Waals surface area contributed by atoms with Gasteiger partial charge < -0.3 is 15.2 Å². The highest BCUT2D eigenvalue weighted by molar-refractivity contribution is 9.10. The minimum Gasteiger partial charge on any atom is -0.325 e. The molecule has 10 heteroatoms. The highest BCUT2D eigenvalue weighted by Crippen LogP contribution is 2.21. The van der Waals surface area contributed by atoms with Crippen molar-refractivity contribution in [2.45, 2.75) is 11.6 Å². The number of rotatable bonds is 7. The molecule has 0 bridgehead atoms. The summed E-state index contributed by atoms with van der Waals surface area (Å²) in [5.41, 5.74) is 1.26. The molecule has 0 saturated heterocycles. The molecule has 1 heterocycles. The van der Waals surface area contributed by atoms with E-state index >= 15 is 0 Å². The predicted molar refractivity (Wildman–Crippen MR) is 118 cm³/mol. The molecule has 3 rings (SSSR count). The molecule has 29 heavy (non-hydrogen) atoms. The van der Waals surface area contributed by atoms with Gasteiger partial charge in [0.05, 0.1) is 22.9 Å². The summed E-state index contributed by atoms with van der Waals surface area (Å²) in [6, 6.07) is 14.3. The summed E-state index contributed by atoms with van der Waals surface area (Å²) in [5, 5.41) is 14.7. The molecule has 3 aromatic rings. The van der Waals surface area contributed by atoms with Gasteiger partial charge in [0.1, 0.15) is 5.82 Å². The van der Waals surface area contributed by atoms with Gasteiger partial charge in [0, 0.05) is 17.2 Å². The molecule has 0 atom stereocenters. The second kappa shape index (κ2) is 9.91. The summed E-state index contributed by atoms with van der Waals surface area (Å²) < 4.78 is 2.64. The number of amides is 2. The zero-order valence-corrected chi connectivity index (χ0v) is 18.5. The van der Waals surface area contributed by atoms with Crippen molar-refractivity contribution in [2.75, 3.05) is 16.4 Å². The van der Waals surface area contributed by atoms with Crippen LogP contribution < -0.4 is 10.6 Å². The molecule has 0 aliphatic heterocycles. The molecule has 0 radical (unpaired) electrons. The van der Waals surface area contributed by atoms with Gasteiger partial charge in [-0.3, -0.25) is 9.59 Å². The van der Waals surface area contributed by atoms with Gasteiger partial charge in [-0.05, 0) is 36.4 Å². The van der Waals surface area contributed by atoms with Gasteiger partial charge in [-0.2, -0.15) is 0 Å². The van der Waals surface area contributed by atoms with E-state index in [9.17, 15) is 9.59 Å². The first-order valence-corrected chi connectivity index (χ1v) is 10.7. The van der Waals surface area contributed by atoms with Crippen LogP contribution in [0.4, 0.5) is 11.4 Å². The zero-order valence-electron chi connectivity index (χ0n) is 15.4. The number of nitrogens with zero attached hydrogens (tertiary/aromatic N) is 3. The molecular weight excluding hydrogens is 478 g/mol. The van der Waals surface area contributed by atoms with E-state index in [1.807, 2.05) is 24.3 Å². The van der Waals surface area contributed by atoms with Gasteiger partial charge in [-0.15, -0.1) is 10.2 Å². The Morgan fingerprint density at radius 2 is 1.79 bits per heavy atom. The summed E-state index contributed by atoms with van der Waals surface area (Å²) in [4.78, 5) is 24.4. The molecule has 2 N–H and O–H groups in total. The van der Waals surface area contributed by atoms with Crippen molar-refractivity contribution in [2.24, 2.45) is 7.05 Å². The van der Waals surface area contributed by atoms with E-state index in [-0.39, 0.29) is 24.0 Å². The van der Waals surface area contributed by atoms with Crippen LogP contribution in [-0.4, -0.2) is 32.3 Å². The van der Waals surface area contributed by atoms with Gasteiger partial charge in [0.15, 0.2) is 5.16 Å². The maximum Gasteiger partial charge on any atom is 0.234 e. The third-order valence-corrected chi connectivity index (χ3v) is 5.73. The number of benzene rings is 2. The van der Waals surface area contributed by atoms with Crippen LogP contribution in [0.25, 0.3) is 0 Å². The molecule has 0 unspecified atom stereocenters. The SMILES string of the molecule is Cn1c(CC(=O)Nc2ccccc2Cl)nnc1SCC(=O)Nc1ccc(Br)cc1. The van der Waals surface area contributed by atoms with Crippen molar-refractivity contribution < 1.29 is 9.59 Å². The molecular formula is C19H17BrClN5O2S. The Morgan fingerprint density at radius 3 is 2.52 bits per heavy atom. The lowest BCUT2D eigenvalue weighted by atomic mass is 10.3. The number of thioether (sulfide) groups is 1. The second-order valence-corrected chi connectivity index (χ2v) is 8.27. The molecule has 2 amide bonds. The van der Waals surface area contributed by atoms with E-state index < -0.39 is 0 Å². The highest BCUT2D eigenvalue weighted by Gasteiger charge is 2.15. The van der Waals surface area contributed by atoms with E-state index in [2.05, 4.69) is 36.8 Å². The number of carbonyl (C=O) groups excluding carboxylic acids is 2. The Hall–Kier alpha value is -2.36. The van der Waals surface area contributed by atoms with Crippen LogP contribution >= 0.6 is 39.3 Å². The fraction of sp³-hybridized carbons (Fsp3) is 0.158. The third kappa shape index (κ3) is 6.06. The number of aromatic nitrogens is 3. The van der Waals surface area contributed by atoms with E-state index in [0.717, 1.165) is 4.47 Å². The van der Waals surface area contributed by atoms with Crippen LogP contribution in [0.1, 0.15) is 5.82 Å². The standard InChI is InChI=1S/C19H17BrClN5O2S/c1-26-16(10-17(27)23-15-5-3-2-4-14(15)21)24-25-19(26)29-11-18(28)22-13-8-6-12(20)7-9-13/h2-9H,10-11H2,1H3,(H,22,28)(H,23,27). The topological polar surface area (TPSA) is 88.9 Å². The van der Waals surface area contributed by atoms with Crippen molar-refractivity contribution in [3.63, 3.8) is 0 Å². The Morgan fingerprint density at radius 1 is 1.07 bits per heavy atom. The molecule has 2 aromatic carbocycles. The summed E-state index contributed by atoms with van der Waals surface area (Å²) in [5.74, 6) is 0.259. The van der Waals surface area contributed by atoms with Gasteiger partial charge in [0.2, 0.25) is 11.8 Å². The van der Waals surface area contributed by atoms with E-state index in [1.165, 1.54) is 11.8 Å². The van der Waals surface area contributed by atoms with Crippen molar-refractivity contribution in [3.8, 4) is 0 Å². The maximum absolute atomic E-state index is 12.3. The van der Waals surface area contributed by atoms with Crippen LogP contribution in [0.15, 0.2) is 58.2 Å². The highest BCUT2D eigenvalue weighted by atomic mass is 79.9. The van der Waals surface area contributed by atoms with E-state index in [1.54, 1.807) is 35.9 Å². The average molecular weight is 495 g/mol. The van der Waals surface area contributed by atoms with Crippen LogP contribution in [0.3, 0.4) is 0 Å². The number of anilines is 2. The largest absolute Gasteiger partial charge is 0.325 e. The lowest BCUT2D eigenvalue weighted by molar-refractivity contribution is -0.116. The Labute approximate surface area is 185 Å². The number of para-hydroxylation sites is 1. The monoisotopic (exact) mass is 493 g/mol. The van der Waals surface area contributed by atoms with Gasteiger partial charge in [-0.25, -0.2) is 0 Å². The average Bonchev–Trinajstić information content (AvgIpc) is 3.03. The van der Waals surface area contributed by atoms with Crippen LogP contribution in [0.2, 0.25) is 5.02 Å². The molecule has 7 nitrogen and oxygen atoms in total. The molecule has 0 fully saturated rings. The molecule has 150 valence electrons.